The van der Waals surface area contributed by atoms with E-state index in [1.54, 1.807) is 0 Å². The third kappa shape index (κ3) is 5.75. The fourth-order valence-electron chi connectivity index (χ4n) is 5.49. The fraction of sp³-hybridized carbons (Fsp3) is 0.625. The van der Waals surface area contributed by atoms with Crippen molar-refractivity contribution in [3.05, 3.63) is 24.3 Å². The molecule has 9 N–H and O–H groups in total. The topological polar surface area (TPSA) is 164 Å². The van der Waals surface area contributed by atoms with Crippen LogP contribution in [0.4, 0.5) is 29.2 Å². The van der Waals surface area contributed by atoms with Gasteiger partial charge in [0.2, 0.25) is 17.8 Å². The second kappa shape index (κ2) is 10.5. The molecule has 3 aliphatic heterocycles. The van der Waals surface area contributed by atoms with E-state index in [2.05, 4.69) is 38.2 Å². The molecule has 5 rings (SSSR count). The lowest BCUT2D eigenvalue weighted by molar-refractivity contribution is 0.441. The molecule has 4 atom stereocenters. The van der Waals surface area contributed by atoms with Crippen LogP contribution in [0.1, 0.15) is 32.1 Å². The first-order valence-electron chi connectivity index (χ1n) is 12.8. The van der Waals surface area contributed by atoms with Crippen LogP contribution in [0.5, 0.6) is 0 Å². The van der Waals surface area contributed by atoms with Gasteiger partial charge in [0.1, 0.15) is 0 Å². The van der Waals surface area contributed by atoms with E-state index in [0.29, 0.717) is 44.0 Å². The second-order valence-corrected chi connectivity index (χ2v) is 10.3. The third-order valence-electron chi connectivity index (χ3n) is 7.06. The Bertz CT molecular complexity index is 931. The molecule has 0 aliphatic carbocycles. The second-order valence-electron chi connectivity index (χ2n) is 10.3. The molecule has 4 heterocycles. The zero-order chi connectivity index (χ0) is 24.4. The molecule has 1 aromatic heterocycles. The molecule has 0 radical (unpaired) electrons. The van der Waals surface area contributed by atoms with Crippen molar-refractivity contribution in [2.75, 3.05) is 59.3 Å². The molecule has 0 amide bonds. The lowest BCUT2D eigenvalue weighted by Crippen LogP contribution is -2.54. The van der Waals surface area contributed by atoms with Gasteiger partial charge in [0.05, 0.1) is 11.4 Å². The molecule has 35 heavy (non-hydrogen) atoms. The smallest absolute Gasteiger partial charge is 0.233 e. The fourth-order valence-corrected chi connectivity index (χ4v) is 5.49. The average molecular weight is 482 g/mol. The highest BCUT2D eigenvalue weighted by atomic mass is 15.4. The van der Waals surface area contributed by atoms with Crippen LogP contribution in [0, 0.1) is 0 Å². The van der Waals surface area contributed by atoms with Crippen LogP contribution in [0.15, 0.2) is 24.3 Å². The van der Waals surface area contributed by atoms with Gasteiger partial charge < -0.3 is 43.0 Å². The Morgan fingerprint density at radius 3 is 1.71 bits per heavy atom. The molecule has 3 aliphatic rings. The number of nitrogens with one attached hydrogen (secondary N) is 1. The minimum atomic E-state index is -0.0213. The van der Waals surface area contributed by atoms with Crippen molar-refractivity contribution in [1.29, 1.82) is 0 Å². The largest absolute Gasteiger partial charge is 0.370 e. The van der Waals surface area contributed by atoms with Crippen LogP contribution in [0.3, 0.4) is 0 Å². The normalized spacial score (nSPS) is 27.7. The summed E-state index contributed by atoms with van der Waals surface area (Å²) in [5.41, 5.74) is 27.3. The van der Waals surface area contributed by atoms with Crippen LogP contribution in [0.2, 0.25) is 0 Å². The van der Waals surface area contributed by atoms with Gasteiger partial charge in [0, 0.05) is 63.4 Å². The number of piperidine rings is 3. The number of para-hydroxylation sites is 2. The Labute approximate surface area is 207 Å². The molecule has 0 saturated carbocycles. The van der Waals surface area contributed by atoms with Crippen molar-refractivity contribution < 1.29 is 0 Å². The van der Waals surface area contributed by atoms with Crippen molar-refractivity contribution in [1.82, 2.24) is 15.0 Å². The zero-order valence-electron chi connectivity index (χ0n) is 20.4. The summed E-state index contributed by atoms with van der Waals surface area (Å²) in [4.78, 5) is 21.0. The van der Waals surface area contributed by atoms with Crippen molar-refractivity contribution in [2.45, 2.75) is 56.3 Å². The molecule has 190 valence electrons. The first-order chi connectivity index (χ1) is 16.9. The van der Waals surface area contributed by atoms with Crippen LogP contribution in [-0.4, -0.2) is 78.4 Å². The Morgan fingerprint density at radius 1 is 0.657 bits per heavy atom. The van der Waals surface area contributed by atoms with Gasteiger partial charge in [-0.25, -0.2) is 0 Å². The van der Waals surface area contributed by atoms with Gasteiger partial charge in [-0.05, 0) is 44.2 Å². The first-order valence-corrected chi connectivity index (χ1v) is 12.8. The number of anilines is 5. The van der Waals surface area contributed by atoms with Gasteiger partial charge in [-0.2, -0.15) is 15.0 Å². The number of aromatic nitrogens is 3. The van der Waals surface area contributed by atoms with Gasteiger partial charge in [-0.3, -0.25) is 0 Å². The molecule has 3 saturated heterocycles. The van der Waals surface area contributed by atoms with E-state index in [-0.39, 0.29) is 24.2 Å². The summed E-state index contributed by atoms with van der Waals surface area (Å²) in [5, 5.41) is 3.49. The van der Waals surface area contributed by atoms with Gasteiger partial charge in [-0.1, -0.05) is 12.1 Å². The van der Waals surface area contributed by atoms with Crippen LogP contribution < -0.4 is 43.0 Å². The quantitative estimate of drug-likeness (QED) is 0.400. The van der Waals surface area contributed by atoms with E-state index < -0.39 is 0 Å². The predicted octanol–water partition coefficient (Wildman–Crippen LogP) is 0.335. The summed E-state index contributed by atoms with van der Waals surface area (Å²) in [6.45, 7) is 4.72. The summed E-state index contributed by atoms with van der Waals surface area (Å²) in [5.74, 6) is 1.65. The standard InChI is InChI=1S/C24H39N11/c25-16-10-17(26)13-34(12-16)23-30-22(31-24(32-23)35-14-18(27)11-19(28)15-35)29-20-6-2-3-7-21(20)33-8-4-1-5-9-33/h2-3,6-7,16-19H,1,4-5,8-15,25-28H2,(H,29,30,31,32). The summed E-state index contributed by atoms with van der Waals surface area (Å²) in [6, 6.07) is 8.25. The number of hydrogen-bond donors (Lipinski definition) is 5. The maximum atomic E-state index is 6.28. The molecular weight excluding hydrogens is 442 g/mol. The highest BCUT2D eigenvalue weighted by Gasteiger charge is 2.29. The molecule has 2 aromatic rings. The van der Waals surface area contributed by atoms with Gasteiger partial charge >= 0.3 is 0 Å². The van der Waals surface area contributed by atoms with E-state index in [9.17, 15) is 0 Å². The summed E-state index contributed by atoms with van der Waals surface area (Å²) >= 11 is 0. The molecule has 0 spiro atoms. The maximum absolute atomic E-state index is 6.28. The first kappa shape index (κ1) is 24.0. The zero-order valence-corrected chi connectivity index (χ0v) is 20.4. The van der Waals surface area contributed by atoms with Crippen molar-refractivity contribution in [2.24, 2.45) is 22.9 Å². The van der Waals surface area contributed by atoms with Gasteiger partial charge in [0.25, 0.3) is 0 Å². The van der Waals surface area contributed by atoms with E-state index in [1.165, 1.54) is 24.9 Å². The number of hydrogen-bond acceptors (Lipinski definition) is 11. The predicted molar refractivity (Wildman–Crippen MR) is 141 cm³/mol. The van der Waals surface area contributed by atoms with Gasteiger partial charge in [0.15, 0.2) is 0 Å². The number of nitrogens with two attached hydrogens (primary N) is 4. The highest BCUT2D eigenvalue weighted by Crippen LogP contribution is 2.31. The monoisotopic (exact) mass is 481 g/mol. The maximum Gasteiger partial charge on any atom is 0.233 e. The molecule has 4 unspecified atom stereocenters. The van der Waals surface area contributed by atoms with E-state index >= 15 is 0 Å². The number of rotatable bonds is 5. The Hall–Kier alpha value is -2.73. The van der Waals surface area contributed by atoms with E-state index in [4.69, 9.17) is 37.9 Å². The van der Waals surface area contributed by atoms with Crippen molar-refractivity contribution >= 4 is 29.2 Å². The lowest BCUT2D eigenvalue weighted by Gasteiger charge is -2.37. The summed E-state index contributed by atoms with van der Waals surface area (Å²) in [7, 11) is 0. The number of nitrogens with zero attached hydrogens (tertiary/aromatic N) is 6. The van der Waals surface area contributed by atoms with Crippen molar-refractivity contribution in [3.8, 4) is 0 Å². The Kier molecular flexibility index (Phi) is 7.19. The minimum absolute atomic E-state index is 0.0213. The third-order valence-corrected chi connectivity index (χ3v) is 7.06. The van der Waals surface area contributed by atoms with Crippen molar-refractivity contribution in [3.63, 3.8) is 0 Å². The molecule has 11 nitrogen and oxygen atoms in total. The van der Waals surface area contributed by atoms with E-state index in [0.717, 1.165) is 31.6 Å². The highest BCUT2D eigenvalue weighted by molar-refractivity contribution is 5.74. The Morgan fingerprint density at radius 2 is 1.17 bits per heavy atom. The average Bonchev–Trinajstić information content (AvgIpc) is 2.83. The summed E-state index contributed by atoms with van der Waals surface area (Å²) in [6.07, 6.45) is 5.28. The van der Waals surface area contributed by atoms with Gasteiger partial charge in [-0.15, -0.1) is 0 Å². The van der Waals surface area contributed by atoms with Crippen LogP contribution in [0.25, 0.3) is 0 Å². The lowest BCUT2D eigenvalue weighted by atomic mass is 10.0. The number of benzene rings is 1. The molecular formula is C24H39N11. The molecule has 11 heteroatoms. The van der Waals surface area contributed by atoms with E-state index in [1.807, 2.05) is 6.07 Å². The van der Waals surface area contributed by atoms with Crippen LogP contribution in [-0.2, 0) is 0 Å². The molecule has 3 fully saturated rings. The Balaban J connectivity index is 1.48. The molecule has 0 bridgehead atoms. The minimum Gasteiger partial charge on any atom is -0.370 e. The van der Waals surface area contributed by atoms with Crippen LogP contribution >= 0.6 is 0 Å². The molecule has 1 aromatic carbocycles. The SMILES string of the molecule is NC1CC(N)CN(c2nc(Nc3ccccc3N3CCCCC3)nc(N3CC(N)CC(N)C3)n2)C1. The summed E-state index contributed by atoms with van der Waals surface area (Å²) < 4.78 is 0.